The minimum absolute atomic E-state index is 0.219. The van der Waals surface area contributed by atoms with Crippen molar-refractivity contribution in [2.45, 2.75) is 19.5 Å². The Morgan fingerprint density at radius 1 is 1.03 bits per heavy atom. The van der Waals surface area contributed by atoms with E-state index in [-0.39, 0.29) is 6.03 Å². The Bertz CT molecular complexity index is 1460. The molecule has 1 aliphatic heterocycles. The second kappa shape index (κ2) is 10.8. The molecule has 5 nitrogen and oxygen atoms in total. The molecular weight excluding hydrogens is 538 g/mol. The van der Waals surface area contributed by atoms with E-state index >= 15 is 0 Å². The van der Waals surface area contributed by atoms with Crippen LogP contribution >= 0.6 is 46.4 Å². The molecule has 0 atom stereocenters. The maximum Gasteiger partial charge on any atom is 0.326 e. The summed E-state index contributed by atoms with van der Waals surface area (Å²) in [5, 5.41) is 5.93. The molecule has 0 saturated heterocycles. The number of nitrogens with one attached hydrogen (secondary N) is 1. The quantitative estimate of drug-likeness (QED) is 0.258. The lowest BCUT2D eigenvalue weighted by atomic mass is 10.0. The number of halogens is 4. The van der Waals surface area contributed by atoms with Crippen LogP contribution in [0.3, 0.4) is 0 Å². The molecule has 0 spiro atoms. The number of carbonyl (C=O) groups excluding carboxylic acids is 1. The second-order valence-electron chi connectivity index (χ2n) is 8.63. The molecule has 0 unspecified atom stereocenters. The minimum Gasteiger partial charge on any atom is -0.333 e. The van der Waals surface area contributed by atoms with Crippen LogP contribution in [0.15, 0.2) is 60.8 Å². The highest BCUT2D eigenvalue weighted by Gasteiger charge is 2.27. The number of benzene rings is 2. The third kappa shape index (κ3) is 5.41. The first-order valence-corrected chi connectivity index (χ1v) is 12.9. The normalized spacial score (nSPS) is 13.9. The Kier molecular flexibility index (Phi) is 7.56. The first kappa shape index (κ1) is 25.1. The van der Waals surface area contributed by atoms with Gasteiger partial charge in [-0.05, 0) is 53.1 Å². The summed E-state index contributed by atoms with van der Waals surface area (Å²) >= 11 is 24.7. The number of pyridine rings is 1. The number of hydrogen-bond donors (Lipinski definition) is 1. The van der Waals surface area contributed by atoms with Crippen molar-refractivity contribution in [3.8, 4) is 0 Å². The van der Waals surface area contributed by atoms with Crippen LogP contribution in [0.5, 0.6) is 0 Å². The molecule has 0 radical (unpaired) electrons. The number of fused-ring (bicyclic) bond motifs is 3. The van der Waals surface area contributed by atoms with Gasteiger partial charge in [0.2, 0.25) is 0 Å². The lowest BCUT2D eigenvalue weighted by Crippen LogP contribution is -2.34. The molecule has 0 bridgehead atoms. The molecule has 0 aliphatic carbocycles. The van der Waals surface area contributed by atoms with Gasteiger partial charge < -0.3 is 5.32 Å². The number of rotatable bonds is 5. The van der Waals surface area contributed by atoms with Gasteiger partial charge >= 0.3 is 6.03 Å². The van der Waals surface area contributed by atoms with E-state index in [1.165, 1.54) is 0 Å². The molecule has 2 aromatic heterocycles. The fraction of sp³-hybridized carbons (Fsp3) is 0.185. The van der Waals surface area contributed by atoms with Crippen molar-refractivity contribution in [1.29, 1.82) is 0 Å². The van der Waals surface area contributed by atoms with Gasteiger partial charge in [-0.25, -0.2) is 9.78 Å². The highest BCUT2D eigenvalue weighted by atomic mass is 35.5. The summed E-state index contributed by atoms with van der Waals surface area (Å²) in [5.41, 5.74) is 4.79. The van der Waals surface area contributed by atoms with Gasteiger partial charge in [-0.3, -0.25) is 9.47 Å². The second-order valence-corrected chi connectivity index (χ2v) is 10.3. The molecule has 3 heterocycles. The Hall–Kier alpha value is -2.54. The zero-order chi connectivity index (χ0) is 25.2. The van der Waals surface area contributed by atoms with Gasteiger partial charge in [-0.1, -0.05) is 70.7 Å². The van der Waals surface area contributed by atoms with Gasteiger partial charge in [0, 0.05) is 54.9 Å². The highest BCUT2D eigenvalue weighted by molar-refractivity contribution is 6.42. The van der Waals surface area contributed by atoms with Crippen LogP contribution in [0.25, 0.3) is 17.0 Å². The summed E-state index contributed by atoms with van der Waals surface area (Å²) < 4.78 is 1.73. The predicted molar refractivity (Wildman–Crippen MR) is 148 cm³/mol. The van der Waals surface area contributed by atoms with E-state index in [0.717, 1.165) is 57.8 Å². The van der Waals surface area contributed by atoms with Gasteiger partial charge in [-0.15, -0.1) is 0 Å². The standard InChI is InChI=1S/C27H22Cl4N4O/c28-19-5-3-17(4-6-19)2-1-10-34-11-8-24-21(16-34)20-13-22(29)23(30)14-25(20)35(24)27(36)33-15-18-7-9-32-26(31)12-18/h1-7,9,12-14H,8,10-11,15-16H2,(H,33,36)/b2-1+. The van der Waals surface area contributed by atoms with Crippen LogP contribution in [-0.4, -0.2) is 33.6 Å². The molecule has 36 heavy (non-hydrogen) atoms. The van der Waals surface area contributed by atoms with Gasteiger partial charge in [0.05, 0.1) is 15.6 Å². The van der Waals surface area contributed by atoms with Gasteiger partial charge in [0.1, 0.15) is 5.15 Å². The van der Waals surface area contributed by atoms with E-state index in [0.29, 0.717) is 28.3 Å². The van der Waals surface area contributed by atoms with Crippen LogP contribution in [0.1, 0.15) is 22.4 Å². The van der Waals surface area contributed by atoms with Crippen molar-refractivity contribution >= 4 is 69.4 Å². The zero-order valence-corrected chi connectivity index (χ0v) is 22.2. The molecule has 184 valence electrons. The van der Waals surface area contributed by atoms with Crippen molar-refractivity contribution in [3.63, 3.8) is 0 Å². The smallest absolute Gasteiger partial charge is 0.326 e. The molecule has 1 N–H and O–H groups in total. The first-order valence-electron chi connectivity index (χ1n) is 11.4. The van der Waals surface area contributed by atoms with Crippen LogP contribution in [0, 0.1) is 0 Å². The fourth-order valence-electron chi connectivity index (χ4n) is 4.51. The van der Waals surface area contributed by atoms with Crippen molar-refractivity contribution in [2.75, 3.05) is 13.1 Å². The van der Waals surface area contributed by atoms with Crippen molar-refractivity contribution in [3.05, 3.63) is 103 Å². The third-order valence-electron chi connectivity index (χ3n) is 6.25. The largest absolute Gasteiger partial charge is 0.333 e. The van der Waals surface area contributed by atoms with E-state index in [4.69, 9.17) is 46.4 Å². The Labute approximate surface area is 229 Å². The molecule has 9 heteroatoms. The molecule has 5 rings (SSSR count). The number of amides is 1. The van der Waals surface area contributed by atoms with E-state index in [1.54, 1.807) is 22.9 Å². The summed E-state index contributed by atoms with van der Waals surface area (Å²) in [6, 6.07) is 14.7. The Balaban J connectivity index is 1.40. The number of hydrogen-bond acceptors (Lipinski definition) is 3. The van der Waals surface area contributed by atoms with Crippen LogP contribution in [0.4, 0.5) is 4.79 Å². The maximum absolute atomic E-state index is 13.4. The molecule has 0 fully saturated rings. The van der Waals surface area contributed by atoms with E-state index < -0.39 is 0 Å². The van der Waals surface area contributed by atoms with Gasteiger partial charge in [0.25, 0.3) is 0 Å². The van der Waals surface area contributed by atoms with Crippen molar-refractivity contribution in [1.82, 2.24) is 19.8 Å². The molecule has 0 saturated carbocycles. The van der Waals surface area contributed by atoms with Crippen molar-refractivity contribution in [2.24, 2.45) is 0 Å². The van der Waals surface area contributed by atoms with Crippen LogP contribution in [-0.2, 0) is 19.5 Å². The summed E-state index contributed by atoms with van der Waals surface area (Å²) in [6.45, 7) is 2.64. The SMILES string of the molecule is O=C(NCc1ccnc(Cl)c1)n1c2c(c3cc(Cl)c(Cl)cc31)CN(C/C=C/c1ccc(Cl)cc1)CC2. The first-order chi connectivity index (χ1) is 17.4. The van der Waals surface area contributed by atoms with Gasteiger partial charge in [-0.2, -0.15) is 0 Å². The average molecular weight is 560 g/mol. The van der Waals surface area contributed by atoms with Crippen LogP contribution in [0.2, 0.25) is 20.2 Å². The number of nitrogens with zero attached hydrogens (tertiary/aromatic N) is 3. The van der Waals surface area contributed by atoms with E-state index in [2.05, 4.69) is 27.4 Å². The van der Waals surface area contributed by atoms with E-state index in [9.17, 15) is 4.79 Å². The zero-order valence-electron chi connectivity index (χ0n) is 19.1. The third-order valence-corrected chi connectivity index (χ3v) is 7.43. The van der Waals surface area contributed by atoms with Crippen molar-refractivity contribution < 1.29 is 4.79 Å². The minimum atomic E-state index is -0.219. The molecule has 1 amide bonds. The topological polar surface area (TPSA) is 50.2 Å². The monoisotopic (exact) mass is 558 g/mol. The van der Waals surface area contributed by atoms with Gasteiger partial charge in [0.15, 0.2) is 0 Å². The number of aromatic nitrogens is 2. The molecule has 1 aliphatic rings. The summed E-state index contributed by atoms with van der Waals surface area (Å²) in [5.74, 6) is 0. The van der Waals surface area contributed by atoms with Crippen LogP contribution < -0.4 is 5.32 Å². The average Bonchev–Trinajstić information content (AvgIpc) is 3.16. The summed E-state index contributed by atoms with van der Waals surface area (Å²) in [6.07, 6.45) is 6.57. The highest BCUT2D eigenvalue weighted by Crippen LogP contribution is 2.36. The summed E-state index contributed by atoms with van der Waals surface area (Å²) in [7, 11) is 0. The molecular formula is C27H22Cl4N4O. The lowest BCUT2D eigenvalue weighted by molar-refractivity contribution is 0.240. The Morgan fingerprint density at radius 2 is 1.81 bits per heavy atom. The molecule has 4 aromatic rings. The number of carbonyl (C=O) groups is 1. The Morgan fingerprint density at radius 3 is 2.58 bits per heavy atom. The maximum atomic E-state index is 13.4. The molecule has 2 aromatic carbocycles. The lowest BCUT2D eigenvalue weighted by Gasteiger charge is -2.27. The predicted octanol–water partition coefficient (Wildman–Crippen LogP) is 7.48. The van der Waals surface area contributed by atoms with E-state index in [1.807, 2.05) is 36.4 Å². The summed E-state index contributed by atoms with van der Waals surface area (Å²) in [4.78, 5) is 19.7. The fourth-order valence-corrected chi connectivity index (χ4v) is 5.16.